The summed E-state index contributed by atoms with van der Waals surface area (Å²) < 4.78 is 0. The second kappa shape index (κ2) is 7.42. The van der Waals surface area contributed by atoms with Gasteiger partial charge in [0.2, 0.25) is 11.8 Å². The Balaban J connectivity index is 2.07. The van der Waals surface area contributed by atoms with Crippen LogP contribution in [0.1, 0.15) is 44.9 Å². The fourth-order valence-electron chi connectivity index (χ4n) is 3.28. The van der Waals surface area contributed by atoms with Gasteiger partial charge in [-0.2, -0.15) is 0 Å². The molecule has 2 atom stereocenters. The third kappa shape index (κ3) is 3.87. The van der Waals surface area contributed by atoms with E-state index in [2.05, 4.69) is 11.4 Å². The molecule has 0 unspecified atom stereocenters. The number of allylic oxidation sites excluding steroid dienone is 1. The lowest BCUT2D eigenvalue weighted by Gasteiger charge is -2.37. The van der Waals surface area contributed by atoms with Gasteiger partial charge in [-0.25, -0.2) is 4.79 Å². The summed E-state index contributed by atoms with van der Waals surface area (Å²) in [5.41, 5.74) is 1.10. The Kier molecular flexibility index (Phi) is 5.57. The predicted octanol–water partition coefficient (Wildman–Crippen LogP) is 1.31. The first-order valence-electron chi connectivity index (χ1n) is 7.94. The number of nitrogens with one attached hydrogen (secondary N) is 1. The topological polar surface area (TPSA) is 86.7 Å². The molecule has 2 rings (SSSR count). The monoisotopic (exact) mass is 308 g/mol. The standard InChI is InChI=1S/C16H24N2O4/c1-17-15(20)12-7-8-13(16(21)22)18(10-12)14(19)9-11-5-3-2-4-6-11/h5,12-13H,2-4,6-10H2,1H3,(H,17,20)(H,21,22)/t12-,13-/m0/s1. The van der Waals surface area contributed by atoms with Gasteiger partial charge in [0.05, 0.1) is 5.92 Å². The minimum absolute atomic E-state index is 0.126. The first-order valence-corrected chi connectivity index (χ1v) is 7.94. The van der Waals surface area contributed by atoms with Gasteiger partial charge in [-0.15, -0.1) is 0 Å². The van der Waals surface area contributed by atoms with Gasteiger partial charge in [0.1, 0.15) is 6.04 Å². The molecule has 0 radical (unpaired) electrons. The van der Waals surface area contributed by atoms with Crippen LogP contribution in [-0.2, 0) is 14.4 Å². The van der Waals surface area contributed by atoms with Crippen molar-refractivity contribution in [2.45, 2.75) is 51.0 Å². The zero-order valence-electron chi connectivity index (χ0n) is 13.0. The second-order valence-electron chi connectivity index (χ2n) is 6.07. The van der Waals surface area contributed by atoms with Crippen molar-refractivity contribution in [3.8, 4) is 0 Å². The number of hydrogen-bond acceptors (Lipinski definition) is 3. The van der Waals surface area contributed by atoms with Crippen LogP contribution in [0.25, 0.3) is 0 Å². The molecule has 2 amide bonds. The van der Waals surface area contributed by atoms with E-state index in [0.29, 0.717) is 12.8 Å². The summed E-state index contributed by atoms with van der Waals surface area (Å²) in [5, 5.41) is 11.9. The van der Waals surface area contributed by atoms with Crippen LogP contribution in [0, 0.1) is 5.92 Å². The minimum Gasteiger partial charge on any atom is -0.480 e. The van der Waals surface area contributed by atoms with Crippen molar-refractivity contribution in [2.24, 2.45) is 5.92 Å². The Morgan fingerprint density at radius 3 is 2.68 bits per heavy atom. The molecule has 1 aliphatic heterocycles. The number of carbonyl (C=O) groups is 3. The summed E-state index contributed by atoms with van der Waals surface area (Å²) in [6.07, 6.45) is 7.35. The first kappa shape index (κ1) is 16.5. The van der Waals surface area contributed by atoms with Gasteiger partial charge in [0, 0.05) is 20.0 Å². The van der Waals surface area contributed by atoms with E-state index in [1.54, 1.807) is 7.05 Å². The summed E-state index contributed by atoms with van der Waals surface area (Å²) >= 11 is 0. The number of piperidine rings is 1. The Morgan fingerprint density at radius 1 is 1.32 bits per heavy atom. The second-order valence-corrected chi connectivity index (χ2v) is 6.07. The van der Waals surface area contributed by atoms with Crippen LogP contribution in [0.2, 0.25) is 0 Å². The maximum absolute atomic E-state index is 12.5. The molecular weight excluding hydrogens is 284 g/mol. The van der Waals surface area contributed by atoms with E-state index in [1.807, 2.05) is 0 Å². The lowest BCUT2D eigenvalue weighted by Crippen LogP contribution is -2.53. The molecule has 0 aromatic heterocycles. The summed E-state index contributed by atoms with van der Waals surface area (Å²) in [6, 6.07) is -0.808. The fourth-order valence-corrected chi connectivity index (χ4v) is 3.28. The molecule has 0 aromatic rings. The van der Waals surface area contributed by atoms with Crippen LogP contribution < -0.4 is 5.32 Å². The van der Waals surface area contributed by atoms with Crippen LogP contribution in [0.15, 0.2) is 11.6 Å². The van der Waals surface area contributed by atoms with Crippen LogP contribution >= 0.6 is 0 Å². The summed E-state index contributed by atoms with van der Waals surface area (Å²) in [4.78, 5) is 37.1. The van der Waals surface area contributed by atoms with Gasteiger partial charge in [-0.3, -0.25) is 9.59 Å². The third-order valence-corrected chi connectivity index (χ3v) is 4.57. The van der Waals surface area contributed by atoms with Crippen LogP contribution in [0.5, 0.6) is 0 Å². The summed E-state index contributed by atoms with van der Waals surface area (Å²) in [7, 11) is 1.56. The normalized spacial score (nSPS) is 25.3. The van der Waals surface area contributed by atoms with Gasteiger partial charge in [-0.05, 0) is 38.5 Å². The van der Waals surface area contributed by atoms with Gasteiger partial charge in [0.15, 0.2) is 0 Å². The lowest BCUT2D eigenvalue weighted by atomic mass is 9.90. The quantitative estimate of drug-likeness (QED) is 0.767. The molecule has 22 heavy (non-hydrogen) atoms. The van der Waals surface area contributed by atoms with E-state index in [4.69, 9.17) is 0 Å². The van der Waals surface area contributed by atoms with Crippen molar-refractivity contribution in [1.82, 2.24) is 10.2 Å². The molecule has 0 aromatic carbocycles. The summed E-state index contributed by atoms with van der Waals surface area (Å²) in [6.45, 7) is 0.197. The highest BCUT2D eigenvalue weighted by atomic mass is 16.4. The molecule has 0 saturated carbocycles. The number of carboxylic acids is 1. The van der Waals surface area contributed by atoms with E-state index >= 15 is 0 Å². The fraction of sp³-hybridized carbons (Fsp3) is 0.688. The molecule has 2 aliphatic rings. The molecule has 0 bridgehead atoms. The zero-order valence-corrected chi connectivity index (χ0v) is 13.0. The van der Waals surface area contributed by atoms with Gasteiger partial charge in [-0.1, -0.05) is 11.6 Å². The van der Waals surface area contributed by atoms with Crippen molar-refractivity contribution in [1.29, 1.82) is 0 Å². The van der Waals surface area contributed by atoms with Crippen LogP contribution in [0.4, 0.5) is 0 Å². The van der Waals surface area contributed by atoms with E-state index in [1.165, 1.54) is 4.90 Å². The van der Waals surface area contributed by atoms with Crippen LogP contribution in [0.3, 0.4) is 0 Å². The van der Waals surface area contributed by atoms with Gasteiger partial charge >= 0.3 is 5.97 Å². The highest BCUT2D eigenvalue weighted by Crippen LogP contribution is 2.26. The molecule has 1 aliphatic carbocycles. The number of hydrogen-bond donors (Lipinski definition) is 2. The zero-order chi connectivity index (χ0) is 16.1. The number of carboxylic acid groups (broad SMARTS) is 1. The average Bonchev–Trinajstić information content (AvgIpc) is 2.54. The molecular formula is C16H24N2O4. The first-order chi connectivity index (χ1) is 10.5. The van der Waals surface area contributed by atoms with Gasteiger partial charge < -0.3 is 15.3 Å². The molecule has 1 saturated heterocycles. The van der Waals surface area contributed by atoms with E-state index in [9.17, 15) is 19.5 Å². The average molecular weight is 308 g/mol. The Hall–Kier alpha value is -1.85. The van der Waals surface area contributed by atoms with Crippen molar-refractivity contribution < 1.29 is 19.5 Å². The summed E-state index contributed by atoms with van der Waals surface area (Å²) in [5.74, 6) is -1.60. The van der Waals surface area contributed by atoms with Crippen molar-refractivity contribution in [3.05, 3.63) is 11.6 Å². The van der Waals surface area contributed by atoms with Crippen molar-refractivity contribution in [3.63, 3.8) is 0 Å². The van der Waals surface area contributed by atoms with Crippen LogP contribution in [-0.4, -0.2) is 47.4 Å². The largest absolute Gasteiger partial charge is 0.480 e. The van der Waals surface area contributed by atoms with E-state index in [-0.39, 0.29) is 30.7 Å². The lowest BCUT2D eigenvalue weighted by molar-refractivity contribution is -0.154. The molecule has 2 N–H and O–H groups in total. The Labute approximate surface area is 130 Å². The maximum Gasteiger partial charge on any atom is 0.326 e. The number of likely N-dealkylation sites (tertiary alicyclic amines) is 1. The Morgan fingerprint density at radius 2 is 2.09 bits per heavy atom. The van der Waals surface area contributed by atoms with Crippen molar-refractivity contribution in [2.75, 3.05) is 13.6 Å². The molecule has 1 heterocycles. The number of aliphatic carboxylic acids is 1. The van der Waals surface area contributed by atoms with E-state index < -0.39 is 12.0 Å². The Bertz CT molecular complexity index is 487. The highest BCUT2D eigenvalue weighted by Gasteiger charge is 2.38. The van der Waals surface area contributed by atoms with Gasteiger partial charge in [0.25, 0.3) is 0 Å². The third-order valence-electron chi connectivity index (χ3n) is 4.57. The number of rotatable bonds is 4. The number of nitrogens with zero attached hydrogens (tertiary/aromatic N) is 1. The minimum atomic E-state index is -0.985. The molecule has 6 heteroatoms. The predicted molar refractivity (Wildman–Crippen MR) is 81.1 cm³/mol. The molecule has 1 fully saturated rings. The smallest absolute Gasteiger partial charge is 0.326 e. The van der Waals surface area contributed by atoms with E-state index in [0.717, 1.165) is 31.3 Å². The SMILES string of the molecule is CNC(=O)[C@H]1CC[C@@H](C(=O)O)N(C(=O)CC2=CCCCC2)C1. The number of amides is 2. The number of carbonyl (C=O) groups excluding carboxylic acids is 2. The molecule has 0 spiro atoms. The molecule has 6 nitrogen and oxygen atoms in total. The molecule has 122 valence electrons. The highest BCUT2D eigenvalue weighted by molar-refractivity contribution is 5.87. The maximum atomic E-state index is 12.5. The van der Waals surface area contributed by atoms with Crippen molar-refractivity contribution >= 4 is 17.8 Å².